The number of halogens is 6. The number of rotatable bonds is 10. The molecule has 3 aromatic rings. The van der Waals surface area contributed by atoms with Crippen LogP contribution in [0.4, 0.5) is 26.3 Å². The second kappa shape index (κ2) is 15.8. The van der Waals surface area contributed by atoms with Gasteiger partial charge in [0.15, 0.2) is 0 Å². The molecular weight excluding hydrogens is 676 g/mol. The molecule has 0 unspecified atom stereocenters. The van der Waals surface area contributed by atoms with Crippen LogP contribution in [-0.2, 0) is 15.8 Å². The molecular formula is C38H41F6N3O4. The third kappa shape index (κ3) is 8.84. The molecule has 1 aliphatic heterocycles. The van der Waals surface area contributed by atoms with Gasteiger partial charge in [0.1, 0.15) is 23.5 Å². The predicted octanol–water partition coefficient (Wildman–Crippen LogP) is 7.67. The second-order valence-corrected chi connectivity index (χ2v) is 13.6. The minimum Gasteiger partial charge on any atom is -0.481 e. The average Bonchev–Trinajstić information content (AvgIpc) is 3.00. The van der Waals surface area contributed by atoms with Gasteiger partial charge in [0.05, 0.1) is 18.0 Å². The Morgan fingerprint density at radius 2 is 1.63 bits per heavy atom. The van der Waals surface area contributed by atoms with Crippen LogP contribution >= 0.6 is 0 Å². The van der Waals surface area contributed by atoms with Gasteiger partial charge in [-0.1, -0.05) is 19.8 Å². The number of carboxylic acids is 1. The predicted molar refractivity (Wildman–Crippen MR) is 181 cm³/mol. The van der Waals surface area contributed by atoms with Crippen molar-refractivity contribution in [3.8, 4) is 23.0 Å². The lowest BCUT2D eigenvalue weighted by molar-refractivity contribution is -0.139. The van der Waals surface area contributed by atoms with Crippen molar-refractivity contribution >= 4 is 11.9 Å². The van der Waals surface area contributed by atoms with Gasteiger partial charge in [0.25, 0.3) is 5.56 Å². The van der Waals surface area contributed by atoms with Gasteiger partial charge in [-0.2, -0.15) is 13.2 Å². The van der Waals surface area contributed by atoms with Crippen molar-refractivity contribution in [1.29, 1.82) is 0 Å². The number of aliphatic carboxylic acids is 1. The van der Waals surface area contributed by atoms with Crippen LogP contribution in [0.3, 0.4) is 0 Å². The molecule has 2 atom stereocenters. The first-order valence-electron chi connectivity index (χ1n) is 16.6. The summed E-state index contributed by atoms with van der Waals surface area (Å²) in [4.78, 5) is 41.5. The molecule has 4 rings (SSSR count). The van der Waals surface area contributed by atoms with Gasteiger partial charge in [0.2, 0.25) is 5.91 Å². The molecule has 1 amide bonds. The fraction of sp³-hybridized carbons (Fsp3) is 0.447. The summed E-state index contributed by atoms with van der Waals surface area (Å²) in [6.45, 7) is 8.96. The van der Waals surface area contributed by atoms with Crippen molar-refractivity contribution in [3.63, 3.8) is 0 Å². The van der Waals surface area contributed by atoms with Gasteiger partial charge in [-0.15, -0.1) is 5.92 Å². The van der Waals surface area contributed by atoms with Crippen LogP contribution in [0.1, 0.15) is 97.8 Å². The first kappa shape index (κ1) is 39.2. The molecule has 0 spiro atoms. The zero-order valence-corrected chi connectivity index (χ0v) is 29.3. The molecule has 13 heteroatoms. The lowest BCUT2D eigenvalue weighted by Crippen LogP contribution is -2.41. The van der Waals surface area contributed by atoms with Crippen molar-refractivity contribution in [3.05, 3.63) is 91.6 Å². The molecule has 51 heavy (non-hydrogen) atoms. The van der Waals surface area contributed by atoms with E-state index in [1.165, 1.54) is 20.8 Å². The van der Waals surface area contributed by atoms with Crippen molar-refractivity contribution in [2.24, 2.45) is 5.92 Å². The number of nitrogens with one attached hydrogen (secondary N) is 1. The SMILES string of the molecule is CC#Cc1cc(F)c([C@@H](CC(=O)O)NC(=O)[C@@H](CC(C)C)n2cc(C3CCN(C)CC3)c(C(F)(F)F)cc2=O)c(F)c1-c1c(C)cc(F)cc1C. The van der Waals surface area contributed by atoms with Crippen LogP contribution in [-0.4, -0.2) is 46.6 Å². The normalized spacial score (nSPS) is 15.3. The molecule has 1 aliphatic rings. The summed E-state index contributed by atoms with van der Waals surface area (Å²) in [6.07, 6.45) is -4.09. The van der Waals surface area contributed by atoms with Crippen LogP contribution in [0.25, 0.3) is 11.1 Å². The summed E-state index contributed by atoms with van der Waals surface area (Å²) in [5, 5.41) is 12.2. The number of alkyl halides is 3. The van der Waals surface area contributed by atoms with Crippen LogP contribution < -0.4 is 10.9 Å². The van der Waals surface area contributed by atoms with Gasteiger partial charge in [-0.25, -0.2) is 13.2 Å². The number of pyridine rings is 1. The standard InChI is InChI=1S/C38H41F6N3O4/c1-7-8-24-16-28(40)35(36(41)34(24)33-21(4)14-25(39)15-22(33)5)29(18-32(49)50)45-37(51)30(13-20(2)3)47-19-26(23-9-11-46(6)12-10-23)27(17-31(47)48)38(42,43)44/h14-17,19-20,23,29-30H,9-13,18H2,1-6H3,(H,45,51)(H,49,50)/t29-,30-/m1/s1. The van der Waals surface area contributed by atoms with E-state index in [1.807, 2.05) is 11.9 Å². The lowest BCUT2D eigenvalue weighted by Gasteiger charge is -2.32. The van der Waals surface area contributed by atoms with E-state index in [1.54, 1.807) is 13.8 Å². The first-order valence-corrected chi connectivity index (χ1v) is 16.6. The number of likely N-dealkylation sites (tertiary alicyclic amines) is 1. The molecule has 274 valence electrons. The van der Waals surface area contributed by atoms with Crippen molar-refractivity contribution in [2.45, 2.75) is 84.5 Å². The van der Waals surface area contributed by atoms with E-state index < -0.39 is 76.6 Å². The molecule has 2 N–H and O–H groups in total. The zero-order chi connectivity index (χ0) is 37.9. The highest BCUT2D eigenvalue weighted by Gasteiger charge is 2.39. The first-order chi connectivity index (χ1) is 23.8. The Labute approximate surface area is 292 Å². The van der Waals surface area contributed by atoms with E-state index >= 15 is 8.78 Å². The van der Waals surface area contributed by atoms with E-state index in [0.717, 1.165) is 29.0 Å². The summed E-state index contributed by atoms with van der Waals surface area (Å²) in [5.74, 6) is -1.20. The Balaban J connectivity index is 1.88. The van der Waals surface area contributed by atoms with Gasteiger partial charge < -0.3 is 19.9 Å². The average molecular weight is 718 g/mol. The van der Waals surface area contributed by atoms with Crippen LogP contribution in [0.15, 0.2) is 35.3 Å². The van der Waals surface area contributed by atoms with Gasteiger partial charge >= 0.3 is 12.1 Å². The summed E-state index contributed by atoms with van der Waals surface area (Å²) < 4.78 is 90.5. The van der Waals surface area contributed by atoms with Crippen LogP contribution in [0.2, 0.25) is 0 Å². The monoisotopic (exact) mass is 717 g/mol. The maximum Gasteiger partial charge on any atom is 0.416 e. The summed E-state index contributed by atoms with van der Waals surface area (Å²) >= 11 is 0. The Bertz CT molecular complexity index is 1910. The number of amides is 1. The smallest absolute Gasteiger partial charge is 0.416 e. The molecule has 0 aliphatic carbocycles. The summed E-state index contributed by atoms with van der Waals surface area (Å²) in [7, 11) is 1.85. The number of carbonyl (C=O) groups excluding carboxylic acids is 1. The van der Waals surface area contributed by atoms with Gasteiger partial charge in [-0.3, -0.25) is 14.4 Å². The largest absolute Gasteiger partial charge is 0.481 e. The molecule has 0 radical (unpaired) electrons. The topological polar surface area (TPSA) is 91.6 Å². The highest BCUT2D eigenvalue weighted by Crippen LogP contribution is 2.40. The van der Waals surface area contributed by atoms with Crippen LogP contribution in [0.5, 0.6) is 0 Å². The number of hydrogen-bond donors (Lipinski definition) is 2. The highest BCUT2D eigenvalue weighted by atomic mass is 19.4. The molecule has 0 saturated carbocycles. The van der Waals surface area contributed by atoms with Crippen molar-refractivity contribution < 1.29 is 41.0 Å². The van der Waals surface area contributed by atoms with E-state index in [9.17, 15) is 37.1 Å². The Morgan fingerprint density at radius 1 is 1.02 bits per heavy atom. The third-order valence-corrected chi connectivity index (χ3v) is 9.21. The Kier molecular flexibility index (Phi) is 12.1. The fourth-order valence-corrected chi connectivity index (χ4v) is 6.90. The maximum atomic E-state index is 16.7. The molecule has 1 saturated heterocycles. The van der Waals surface area contributed by atoms with Crippen molar-refractivity contribution in [2.75, 3.05) is 20.1 Å². The summed E-state index contributed by atoms with van der Waals surface area (Å²) in [5.41, 5.74) is -2.68. The third-order valence-electron chi connectivity index (χ3n) is 9.21. The quantitative estimate of drug-likeness (QED) is 0.166. The van der Waals surface area contributed by atoms with E-state index in [-0.39, 0.29) is 34.6 Å². The molecule has 7 nitrogen and oxygen atoms in total. The Morgan fingerprint density at radius 3 is 2.16 bits per heavy atom. The van der Waals surface area contributed by atoms with Crippen LogP contribution in [0, 0.1) is 49.1 Å². The van der Waals surface area contributed by atoms with E-state index in [0.29, 0.717) is 43.1 Å². The molecule has 0 bridgehead atoms. The van der Waals surface area contributed by atoms with Crippen molar-refractivity contribution in [1.82, 2.24) is 14.8 Å². The van der Waals surface area contributed by atoms with E-state index in [2.05, 4.69) is 17.2 Å². The van der Waals surface area contributed by atoms with E-state index in [4.69, 9.17) is 0 Å². The number of hydrogen-bond acceptors (Lipinski definition) is 4. The number of nitrogens with zero attached hydrogens (tertiary/aromatic N) is 2. The zero-order valence-electron chi connectivity index (χ0n) is 29.3. The number of aryl methyl sites for hydroxylation is 2. The van der Waals surface area contributed by atoms with Gasteiger partial charge in [-0.05, 0) is 112 Å². The molecule has 2 aromatic carbocycles. The number of aromatic nitrogens is 1. The summed E-state index contributed by atoms with van der Waals surface area (Å²) in [6, 6.07) is 0.402. The highest BCUT2D eigenvalue weighted by molar-refractivity contribution is 5.83. The second-order valence-electron chi connectivity index (χ2n) is 13.6. The fourth-order valence-electron chi connectivity index (χ4n) is 6.90. The van der Waals surface area contributed by atoms with Gasteiger partial charge in [0, 0.05) is 29.0 Å². The molecule has 2 heterocycles. The molecule has 1 fully saturated rings. The number of carbonyl (C=O) groups is 2. The lowest BCUT2D eigenvalue weighted by atomic mass is 9.87. The number of piperidine rings is 1. The number of carboxylic acid groups (broad SMARTS) is 1. The maximum absolute atomic E-state index is 16.7. The minimum atomic E-state index is -4.85. The molecule has 1 aromatic heterocycles. The Hall–Kier alpha value is -4.57. The number of benzene rings is 2. The minimum absolute atomic E-state index is 0.0705.